The van der Waals surface area contributed by atoms with Crippen molar-refractivity contribution in [1.82, 2.24) is 4.57 Å². The number of rotatable bonds is 5. The first-order valence-corrected chi connectivity index (χ1v) is 4.49. The van der Waals surface area contributed by atoms with E-state index in [1.165, 1.54) is 18.8 Å². The monoisotopic (exact) mass is 228 g/mol. The van der Waals surface area contributed by atoms with Gasteiger partial charge in [0, 0.05) is 26.4 Å². The third-order valence-electron chi connectivity index (χ3n) is 2.05. The van der Waals surface area contributed by atoms with Gasteiger partial charge in [0.15, 0.2) is 6.29 Å². The molecule has 0 saturated heterocycles. The highest BCUT2D eigenvalue weighted by molar-refractivity contribution is 5.24. The molecule has 0 spiro atoms. The van der Waals surface area contributed by atoms with Crippen LogP contribution in [0.25, 0.3) is 0 Å². The number of aromatic nitrogens is 1. The van der Waals surface area contributed by atoms with Gasteiger partial charge in [-0.15, -0.1) is 0 Å². The number of pyridine rings is 1. The van der Waals surface area contributed by atoms with E-state index in [0.717, 1.165) is 18.3 Å². The third-order valence-corrected chi connectivity index (χ3v) is 2.05. The third kappa shape index (κ3) is 2.88. The second kappa shape index (κ2) is 5.38. The summed E-state index contributed by atoms with van der Waals surface area (Å²) in [6.45, 7) is 0.105. The number of hydrogen-bond donors (Lipinski definition) is 0. The predicted molar refractivity (Wildman–Crippen MR) is 55.2 cm³/mol. The van der Waals surface area contributed by atoms with Gasteiger partial charge in [0.25, 0.3) is 11.2 Å². The van der Waals surface area contributed by atoms with E-state index in [0.29, 0.717) is 0 Å². The Bertz CT molecular complexity index is 424. The highest BCUT2D eigenvalue weighted by Gasteiger charge is 2.11. The minimum atomic E-state index is -0.611. The molecule has 1 heterocycles. The van der Waals surface area contributed by atoms with Gasteiger partial charge in [-0.05, 0) is 0 Å². The molecule has 7 heteroatoms. The quantitative estimate of drug-likeness (QED) is 0.413. The van der Waals surface area contributed by atoms with E-state index in [-0.39, 0.29) is 17.8 Å². The number of methoxy groups -OCH3 is 2. The van der Waals surface area contributed by atoms with E-state index >= 15 is 0 Å². The van der Waals surface area contributed by atoms with E-state index in [9.17, 15) is 14.9 Å². The predicted octanol–water partition coefficient (Wildman–Crippen LogP) is 0.375. The van der Waals surface area contributed by atoms with Crippen molar-refractivity contribution in [2.24, 2.45) is 0 Å². The van der Waals surface area contributed by atoms with E-state index < -0.39 is 11.2 Å². The molecule has 0 aliphatic heterocycles. The molecule has 0 aliphatic rings. The Morgan fingerprint density at radius 3 is 2.56 bits per heavy atom. The van der Waals surface area contributed by atoms with Crippen LogP contribution in [0.1, 0.15) is 0 Å². The molecule has 0 saturated carbocycles. The zero-order valence-corrected chi connectivity index (χ0v) is 8.95. The van der Waals surface area contributed by atoms with Crippen LogP contribution in [0, 0.1) is 10.1 Å². The van der Waals surface area contributed by atoms with E-state index in [1.807, 2.05) is 0 Å². The maximum Gasteiger partial charge on any atom is 0.285 e. The first kappa shape index (κ1) is 12.3. The number of ether oxygens (including phenoxy) is 2. The van der Waals surface area contributed by atoms with Crippen molar-refractivity contribution >= 4 is 5.69 Å². The minimum absolute atomic E-state index is 0.105. The zero-order chi connectivity index (χ0) is 12.1. The fourth-order valence-electron chi connectivity index (χ4n) is 1.18. The van der Waals surface area contributed by atoms with Crippen LogP contribution in [0.2, 0.25) is 0 Å². The maximum absolute atomic E-state index is 11.4. The molecule has 1 aromatic rings. The summed E-state index contributed by atoms with van der Waals surface area (Å²) in [5.41, 5.74) is -0.491. The SMILES string of the molecule is COC(Cn1cc([N+](=O)[O-])ccc1=O)OC. The summed E-state index contributed by atoms with van der Waals surface area (Å²) >= 11 is 0. The second-order valence-electron chi connectivity index (χ2n) is 3.04. The molecule has 1 rings (SSSR count). The zero-order valence-electron chi connectivity index (χ0n) is 8.95. The van der Waals surface area contributed by atoms with Crippen LogP contribution in [0.3, 0.4) is 0 Å². The first-order valence-electron chi connectivity index (χ1n) is 4.49. The molecule has 88 valence electrons. The van der Waals surface area contributed by atoms with Crippen molar-refractivity contribution in [3.05, 3.63) is 38.8 Å². The van der Waals surface area contributed by atoms with Crippen LogP contribution in [0.5, 0.6) is 0 Å². The Kier molecular flexibility index (Phi) is 4.15. The lowest BCUT2D eigenvalue weighted by atomic mass is 10.4. The summed E-state index contributed by atoms with van der Waals surface area (Å²) in [5.74, 6) is 0. The highest BCUT2D eigenvalue weighted by Crippen LogP contribution is 2.07. The Labute approximate surface area is 91.4 Å². The summed E-state index contributed by atoms with van der Waals surface area (Å²) in [5, 5.41) is 10.5. The summed E-state index contributed by atoms with van der Waals surface area (Å²) in [4.78, 5) is 21.3. The van der Waals surface area contributed by atoms with Crippen molar-refractivity contribution in [2.45, 2.75) is 12.8 Å². The van der Waals surface area contributed by atoms with Gasteiger partial charge < -0.3 is 14.0 Å². The molecule has 0 radical (unpaired) electrons. The first-order chi connectivity index (χ1) is 7.58. The summed E-state index contributed by atoms with van der Waals surface area (Å²) < 4.78 is 11.0. The minimum Gasteiger partial charge on any atom is -0.354 e. The van der Waals surface area contributed by atoms with Gasteiger partial charge in [0.2, 0.25) is 0 Å². The van der Waals surface area contributed by atoms with Crippen LogP contribution in [-0.2, 0) is 16.0 Å². The fourth-order valence-corrected chi connectivity index (χ4v) is 1.18. The molecule has 0 atom stereocenters. The van der Waals surface area contributed by atoms with Gasteiger partial charge in [0.05, 0.1) is 17.7 Å². The lowest BCUT2D eigenvalue weighted by Gasteiger charge is -2.14. The maximum atomic E-state index is 11.4. The van der Waals surface area contributed by atoms with Crippen molar-refractivity contribution in [3.63, 3.8) is 0 Å². The Balaban J connectivity index is 2.98. The molecule has 0 fully saturated rings. The topological polar surface area (TPSA) is 83.6 Å². The number of hydrogen-bond acceptors (Lipinski definition) is 5. The molecule has 0 N–H and O–H groups in total. The average molecular weight is 228 g/mol. The largest absolute Gasteiger partial charge is 0.354 e. The van der Waals surface area contributed by atoms with Crippen LogP contribution >= 0.6 is 0 Å². The normalized spacial score (nSPS) is 10.7. The van der Waals surface area contributed by atoms with Crippen molar-refractivity contribution in [1.29, 1.82) is 0 Å². The molecule has 0 amide bonds. The second-order valence-corrected chi connectivity index (χ2v) is 3.04. The average Bonchev–Trinajstić information content (AvgIpc) is 2.27. The van der Waals surface area contributed by atoms with Gasteiger partial charge in [-0.3, -0.25) is 14.9 Å². The molecule has 7 nitrogen and oxygen atoms in total. The molecule has 0 aromatic carbocycles. The molecule has 0 bridgehead atoms. The smallest absolute Gasteiger partial charge is 0.285 e. The van der Waals surface area contributed by atoms with Crippen LogP contribution in [0.4, 0.5) is 5.69 Å². The van der Waals surface area contributed by atoms with Crippen LogP contribution in [0.15, 0.2) is 23.1 Å². The fraction of sp³-hybridized carbons (Fsp3) is 0.444. The molecule has 1 aromatic heterocycles. The highest BCUT2D eigenvalue weighted by atomic mass is 16.7. The number of nitrogens with zero attached hydrogens (tertiary/aromatic N) is 2. The van der Waals surface area contributed by atoms with Gasteiger partial charge in [-0.1, -0.05) is 0 Å². The van der Waals surface area contributed by atoms with E-state index in [1.54, 1.807) is 0 Å². The standard InChI is InChI=1S/C9H12N2O5/c1-15-9(16-2)6-10-5-7(11(13)14)3-4-8(10)12/h3-5,9H,6H2,1-2H3. The van der Waals surface area contributed by atoms with E-state index in [4.69, 9.17) is 9.47 Å². The van der Waals surface area contributed by atoms with Crippen molar-refractivity contribution in [3.8, 4) is 0 Å². The molecule has 16 heavy (non-hydrogen) atoms. The van der Waals surface area contributed by atoms with Gasteiger partial charge in [-0.25, -0.2) is 0 Å². The van der Waals surface area contributed by atoms with Crippen molar-refractivity contribution in [2.75, 3.05) is 14.2 Å². The number of nitro groups is 1. The molecular formula is C9H12N2O5. The van der Waals surface area contributed by atoms with Crippen LogP contribution < -0.4 is 5.56 Å². The summed E-state index contributed by atoms with van der Waals surface area (Å²) in [7, 11) is 2.85. The van der Waals surface area contributed by atoms with Crippen molar-refractivity contribution < 1.29 is 14.4 Å². The molecular weight excluding hydrogens is 216 g/mol. The van der Waals surface area contributed by atoms with Gasteiger partial charge in [-0.2, -0.15) is 0 Å². The Morgan fingerprint density at radius 1 is 1.44 bits per heavy atom. The van der Waals surface area contributed by atoms with Crippen LogP contribution in [-0.4, -0.2) is 30.0 Å². The Morgan fingerprint density at radius 2 is 2.06 bits per heavy atom. The lowest BCUT2D eigenvalue weighted by molar-refractivity contribution is -0.385. The molecule has 0 aliphatic carbocycles. The summed E-state index contributed by atoms with van der Waals surface area (Å²) in [6, 6.07) is 2.30. The van der Waals surface area contributed by atoms with Gasteiger partial charge >= 0.3 is 0 Å². The molecule has 0 unspecified atom stereocenters. The van der Waals surface area contributed by atoms with E-state index in [2.05, 4.69) is 0 Å². The summed E-state index contributed by atoms with van der Waals surface area (Å²) in [6.07, 6.45) is 0.549. The lowest BCUT2D eigenvalue weighted by Crippen LogP contribution is -2.28. The Hall–Kier alpha value is -1.73. The van der Waals surface area contributed by atoms with Gasteiger partial charge in [0.1, 0.15) is 0 Å².